The molecule has 0 radical (unpaired) electrons. The van der Waals surface area contributed by atoms with Crippen LogP contribution in [0.1, 0.15) is 38.5 Å². The van der Waals surface area contributed by atoms with Crippen LogP contribution >= 0.6 is 0 Å². The third-order valence-corrected chi connectivity index (χ3v) is 5.90. The molecule has 3 rings (SSSR count). The van der Waals surface area contributed by atoms with Crippen molar-refractivity contribution in [2.75, 3.05) is 52.9 Å². The van der Waals surface area contributed by atoms with Crippen LogP contribution in [0.25, 0.3) is 0 Å². The highest BCUT2D eigenvalue weighted by Gasteiger charge is 2.30. The molecule has 3 fully saturated rings. The number of likely N-dealkylation sites (N-methyl/N-ethyl adjacent to an activating group) is 1. The molecule has 142 valence electrons. The van der Waals surface area contributed by atoms with Crippen molar-refractivity contribution < 1.29 is 9.59 Å². The fraction of sp³-hybridized carbons (Fsp3) is 0.889. The Balaban J connectivity index is 1.41. The Hall–Kier alpha value is -1.34. The van der Waals surface area contributed by atoms with Gasteiger partial charge in [0.25, 0.3) is 0 Å². The first kappa shape index (κ1) is 18.5. The van der Waals surface area contributed by atoms with E-state index in [1.165, 1.54) is 32.4 Å². The summed E-state index contributed by atoms with van der Waals surface area (Å²) in [5.41, 5.74) is 0. The maximum atomic E-state index is 12.7. The van der Waals surface area contributed by atoms with Gasteiger partial charge < -0.3 is 15.5 Å². The van der Waals surface area contributed by atoms with Gasteiger partial charge in [-0.05, 0) is 51.6 Å². The summed E-state index contributed by atoms with van der Waals surface area (Å²) >= 11 is 0. The highest BCUT2D eigenvalue weighted by molar-refractivity contribution is 5.77. The predicted molar refractivity (Wildman–Crippen MR) is 97.5 cm³/mol. The Bertz CT molecular complexity index is 458. The first-order chi connectivity index (χ1) is 12.2. The van der Waals surface area contributed by atoms with Crippen LogP contribution in [0.4, 0.5) is 4.79 Å². The molecule has 3 saturated heterocycles. The molecule has 3 aliphatic heterocycles. The van der Waals surface area contributed by atoms with E-state index in [1.807, 2.05) is 4.90 Å². The van der Waals surface area contributed by atoms with Crippen molar-refractivity contribution in [3.8, 4) is 0 Å². The van der Waals surface area contributed by atoms with Gasteiger partial charge in [-0.25, -0.2) is 4.79 Å². The molecule has 0 aromatic rings. The summed E-state index contributed by atoms with van der Waals surface area (Å²) in [4.78, 5) is 30.8. The summed E-state index contributed by atoms with van der Waals surface area (Å²) in [5, 5.41) is 5.89. The van der Waals surface area contributed by atoms with Crippen molar-refractivity contribution in [2.24, 2.45) is 0 Å². The number of piperidine rings is 2. The Morgan fingerprint density at radius 1 is 0.960 bits per heavy atom. The lowest BCUT2D eigenvalue weighted by Crippen LogP contribution is -2.55. The number of hydrogen-bond acceptors (Lipinski definition) is 4. The fourth-order valence-corrected chi connectivity index (χ4v) is 4.33. The van der Waals surface area contributed by atoms with Crippen LogP contribution in [0, 0.1) is 0 Å². The Morgan fingerprint density at radius 2 is 1.68 bits per heavy atom. The number of nitrogens with one attached hydrogen (secondary N) is 2. The van der Waals surface area contributed by atoms with E-state index in [0.29, 0.717) is 12.6 Å². The minimum Gasteiger partial charge on any atom is -0.358 e. The standard InChI is InChI=1S/C18H33N5O2/c1-19-17(24)14-21-11-6-15(7-12-21)20-18(25)23-10-4-5-16(13-23)22-8-2-3-9-22/h15-16H,2-14H2,1H3,(H,19,24)(H,20,25). The van der Waals surface area contributed by atoms with E-state index >= 15 is 0 Å². The summed E-state index contributed by atoms with van der Waals surface area (Å²) in [6, 6.07) is 0.894. The minimum atomic E-state index is 0.0590. The van der Waals surface area contributed by atoms with Gasteiger partial charge in [-0.1, -0.05) is 0 Å². The Labute approximate surface area is 151 Å². The lowest BCUT2D eigenvalue weighted by molar-refractivity contribution is -0.122. The van der Waals surface area contributed by atoms with Crippen molar-refractivity contribution >= 4 is 11.9 Å². The van der Waals surface area contributed by atoms with Gasteiger partial charge in [0.1, 0.15) is 0 Å². The van der Waals surface area contributed by atoms with Crippen molar-refractivity contribution in [3.63, 3.8) is 0 Å². The summed E-state index contributed by atoms with van der Waals surface area (Å²) < 4.78 is 0. The molecule has 7 heteroatoms. The monoisotopic (exact) mass is 351 g/mol. The first-order valence-corrected chi connectivity index (χ1v) is 9.88. The van der Waals surface area contributed by atoms with Gasteiger partial charge in [0.15, 0.2) is 0 Å². The highest BCUT2D eigenvalue weighted by atomic mass is 16.2. The van der Waals surface area contributed by atoms with Crippen LogP contribution in [0.15, 0.2) is 0 Å². The van der Waals surface area contributed by atoms with Crippen LogP contribution in [-0.4, -0.2) is 91.6 Å². The molecular weight excluding hydrogens is 318 g/mol. The molecule has 2 N–H and O–H groups in total. The molecule has 1 unspecified atom stereocenters. The van der Waals surface area contributed by atoms with E-state index in [9.17, 15) is 9.59 Å². The molecule has 3 amide bonds. The van der Waals surface area contributed by atoms with Gasteiger partial charge in [0.2, 0.25) is 5.91 Å². The Kier molecular flexibility index (Phi) is 6.53. The molecule has 0 aromatic carbocycles. The van der Waals surface area contributed by atoms with E-state index in [1.54, 1.807) is 7.05 Å². The average molecular weight is 351 g/mol. The summed E-state index contributed by atoms with van der Waals surface area (Å²) in [6.07, 6.45) is 6.79. The predicted octanol–water partition coefficient (Wildman–Crippen LogP) is 0.467. The van der Waals surface area contributed by atoms with E-state index in [2.05, 4.69) is 20.4 Å². The normalized spacial score (nSPS) is 26.6. The fourth-order valence-electron chi connectivity index (χ4n) is 4.33. The number of nitrogens with zero attached hydrogens (tertiary/aromatic N) is 3. The van der Waals surface area contributed by atoms with Gasteiger partial charge in [-0.15, -0.1) is 0 Å². The summed E-state index contributed by atoms with van der Waals surface area (Å²) in [6.45, 7) is 6.35. The van der Waals surface area contributed by atoms with Crippen LogP contribution in [0.3, 0.4) is 0 Å². The molecule has 7 nitrogen and oxygen atoms in total. The van der Waals surface area contributed by atoms with Crippen LogP contribution in [0.5, 0.6) is 0 Å². The second-order valence-electron chi connectivity index (χ2n) is 7.66. The third kappa shape index (κ3) is 5.07. The maximum Gasteiger partial charge on any atom is 0.317 e. The van der Waals surface area contributed by atoms with Crippen molar-refractivity contribution in [3.05, 3.63) is 0 Å². The number of carbonyl (C=O) groups excluding carboxylic acids is 2. The lowest BCUT2D eigenvalue weighted by Gasteiger charge is -2.39. The van der Waals surface area contributed by atoms with Gasteiger partial charge >= 0.3 is 6.03 Å². The number of rotatable bonds is 4. The molecule has 0 bridgehead atoms. The number of hydrogen-bond donors (Lipinski definition) is 2. The Morgan fingerprint density at radius 3 is 2.36 bits per heavy atom. The largest absolute Gasteiger partial charge is 0.358 e. The smallest absolute Gasteiger partial charge is 0.317 e. The average Bonchev–Trinajstić information content (AvgIpc) is 3.18. The summed E-state index contributed by atoms with van der Waals surface area (Å²) in [7, 11) is 1.67. The first-order valence-electron chi connectivity index (χ1n) is 9.88. The SMILES string of the molecule is CNC(=O)CN1CCC(NC(=O)N2CCCC(N3CCCC3)C2)CC1. The second-order valence-corrected chi connectivity index (χ2v) is 7.66. The zero-order valence-corrected chi connectivity index (χ0v) is 15.5. The van der Waals surface area contributed by atoms with E-state index in [-0.39, 0.29) is 18.0 Å². The van der Waals surface area contributed by atoms with E-state index < -0.39 is 0 Å². The minimum absolute atomic E-state index is 0.0590. The molecule has 3 aliphatic rings. The molecule has 0 spiro atoms. The van der Waals surface area contributed by atoms with Gasteiger partial charge in [-0.3, -0.25) is 14.6 Å². The second kappa shape index (κ2) is 8.85. The zero-order chi connectivity index (χ0) is 17.6. The maximum absolute atomic E-state index is 12.7. The summed E-state index contributed by atoms with van der Waals surface area (Å²) in [5.74, 6) is 0.0590. The van der Waals surface area contributed by atoms with Gasteiger partial charge in [0.05, 0.1) is 6.54 Å². The van der Waals surface area contributed by atoms with Crippen molar-refractivity contribution in [1.82, 2.24) is 25.3 Å². The molecule has 0 saturated carbocycles. The van der Waals surface area contributed by atoms with Crippen LogP contribution in [-0.2, 0) is 4.79 Å². The molecular formula is C18H33N5O2. The third-order valence-electron chi connectivity index (χ3n) is 5.90. The van der Waals surface area contributed by atoms with Crippen molar-refractivity contribution in [1.29, 1.82) is 0 Å². The van der Waals surface area contributed by atoms with E-state index in [4.69, 9.17) is 0 Å². The number of likely N-dealkylation sites (tertiary alicyclic amines) is 3. The molecule has 3 heterocycles. The van der Waals surface area contributed by atoms with Crippen LogP contribution in [0.2, 0.25) is 0 Å². The molecule has 0 aromatic heterocycles. The highest BCUT2D eigenvalue weighted by Crippen LogP contribution is 2.21. The quantitative estimate of drug-likeness (QED) is 0.773. The molecule has 25 heavy (non-hydrogen) atoms. The number of urea groups is 1. The van der Waals surface area contributed by atoms with E-state index in [0.717, 1.165) is 45.4 Å². The number of amides is 3. The van der Waals surface area contributed by atoms with Crippen molar-refractivity contribution in [2.45, 2.75) is 50.6 Å². The van der Waals surface area contributed by atoms with Gasteiger partial charge in [0, 0.05) is 45.3 Å². The van der Waals surface area contributed by atoms with Crippen LogP contribution < -0.4 is 10.6 Å². The molecule has 0 aliphatic carbocycles. The zero-order valence-electron chi connectivity index (χ0n) is 15.5. The molecule has 1 atom stereocenters. The van der Waals surface area contributed by atoms with Gasteiger partial charge in [-0.2, -0.15) is 0 Å². The topological polar surface area (TPSA) is 67.9 Å². The number of carbonyl (C=O) groups is 2. The lowest BCUT2D eigenvalue weighted by atomic mass is 10.0.